The fourth-order valence-electron chi connectivity index (χ4n) is 3.44. The maximum Gasteiger partial charge on any atom is 0.263 e. The molecule has 2 aromatic carbocycles. The van der Waals surface area contributed by atoms with Crippen LogP contribution in [0.15, 0.2) is 58.4 Å². The molecule has 0 spiro atoms. The lowest BCUT2D eigenvalue weighted by Gasteiger charge is -2.19. The first-order valence-electron chi connectivity index (χ1n) is 10.5. The second-order valence-corrected chi connectivity index (χ2v) is 9.30. The van der Waals surface area contributed by atoms with Crippen molar-refractivity contribution < 1.29 is 17.9 Å². The molecule has 0 radical (unpaired) electrons. The minimum absolute atomic E-state index is 0.0358. The van der Waals surface area contributed by atoms with Crippen LogP contribution in [0.25, 0.3) is 0 Å². The highest BCUT2D eigenvalue weighted by Gasteiger charge is 2.32. The first-order chi connectivity index (χ1) is 14.9. The molecule has 0 bridgehead atoms. The van der Waals surface area contributed by atoms with Gasteiger partial charge in [0, 0.05) is 12.1 Å². The van der Waals surface area contributed by atoms with E-state index in [1.165, 1.54) is 11.6 Å². The Morgan fingerprint density at radius 2 is 1.87 bits per heavy atom. The van der Waals surface area contributed by atoms with Gasteiger partial charge in [-0.3, -0.25) is 14.5 Å². The van der Waals surface area contributed by atoms with Crippen LogP contribution in [0, 0.1) is 5.92 Å². The quantitative estimate of drug-likeness (QED) is 0.583. The molecule has 0 fully saturated rings. The number of amides is 1. The zero-order valence-electron chi connectivity index (χ0n) is 18.1. The third-order valence-corrected chi connectivity index (χ3v) is 6.88. The molecule has 166 valence electrons. The predicted molar refractivity (Wildman–Crippen MR) is 121 cm³/mol. The number of carbonyl (C=O) groups is 1. The van der Waals surface area contributed by atoms with Gasteiger partial charge in [-0.2, -0.15) is 0 Å². The molecule has 2 aromatic rings. The highest BCUT2D eigenvalue weighted by Crippen LogP contribution is 2.24. The smallest absolute Gasteiger partial charge is 0.263 e. The van der Waals surface area contributed by atoms with Crippen LogP contribution in [-0.2, 0) is 21.2 Å². The Labute approximate surface area is 184 Å². The maximum absolute atomic E-state index is 12.9. The number of sulfonamides is 1. The summed E-state index contributed by atoms with van der Waals surface area (Å²) in [4.78, 5) is 17.6. The summed E-state index contributed by atoms with van der Waals surface area (Å²) >= 11 is 0. The highest BCUT2D eigenvalue weighted by atomic mass is 32.2. The molecule has 2 N–H and O–H groups in total. The van der Waals surface area contributed by atoms with Gasteiger partial charge in [0.1, 0.15) is 17.6 Å². The molecule has 31 heavy (non-hydrogen) atoms. The van der Waals surface area contributed by atoms with Crippen molar-refractivity contribution in [3.63, 3.8) is 0 Å². The van der Waals surface area contributed by atoms with E-state index in [2.05, 4.69) is 15.0 Å². The third-order valence-electron chi connectivity index (χ3n) is 5.48. The summed E-state index contributed by atoms with van der Waals surface area (Å²) in [5.74, 6) is 0.817. The minimum Gasteiger partial charge on any atom is -0.497 e. The van der Waals surface area contributed by atoms with E-state index in [1.54, 1.807) is 25.3 Å². The van der Waals surface area contributed by atoms with Crippen molar-refractivity contribution in [1.29, 1.82) is 0 Å². The van der Waals surface area contributed by atoms with E-state index in [9.17, 15) is 13.2 Å². The number of hydrogen-bond donors (Lipinski definition) is 2. The first kappa shape index (κ1) is 22.8. The van der Waals surface area contributed by atoms with Gasteiger partial charge >= 0.3 is 0 Å². The number of benzene rings is 2. The monoisotopic (exact) mass is 443 g/mol. The van der Waals surface area contributed by atoms with Crippen molar-refractivity contribution in [3.05, 3.63) is 59.7 Å². The molecule has 7 nitrogen and oxygen atoms in total. The fourth-order valence-corrected chi connectivity index (χ4v) is 4.68. The molecular formula is C23H29N3O4S. The molecule has 1 heterocycles. The molecule has 0 unspecified atom stereocenters. The van der Waals surface area contributed by atoms with Crippen LogP contribution in [0.1, 0.15) is 37.8 Å². The lowest BCUT2D eigenvalue weighted by Crippen LogP contribution is -2.39. The normalized spacial score (nSPS) is 17.5. The van der Waals surface area contributed by atoms with Crippen molar-refractivity contribution in [2.24, 2.45) is 10.9 Å². The Morgan fingerprint density at radius 3 is 2.55 bits per heavy atom. The van der Waals surface area contributed by atoms with Crippen LogP contribution >= 0.6 is 0 Å². The van der Waals surface area contributed by atoms with Crippen molar-refractivity contribution in [1.82, 2.24) is 10.0 Å². The van der Waals surface area contributed by atoms with Crippen LogP contribution in [0.2, 0.25) is 0 Å². The van der Waals surface area contributed by atoms with E-state index in [0.29, 0.717) is 12.1 Å². The summed E-state index contributed by atoms with van der Waals surface area (Å²) < 4.78 is 32.3. The number of aliphatic imine (C=N–C) groups is 1. The maximum atomic E-state index is 12.9. The molecule has 0 saturated carbocycles. The van der Waals surface area contributed by atoms with Crippen molar-refractivity contribution in [3.8, 4) is 5.75 Å². The van der Waals surface area contributed by atoms with E-state index < -0.39 is 16.1 Å². The SMILES string of the molecule is CC[C@H](C)[C@H](N=C1NS(=O)(=O)c2ccccc21)C(=O)NCCCc1ccc(OC)cc1. The molecule has 3 rings (SSSR count). The average molecular weight is 444 g/mol. The van der Waals surface area contributed by atoms with E-state index in [0.717, 1.165) is 25.0 Å². The summed E-state index contributed by atoms with van der Waals surface area (Å²) in [6, 6.07) is 13.9. The Hall–Kier alpha value is -2.87. The van der Waals surface area contributed by atoms with Crippen LogP contribution in [0.4, 0.5) is 0 Å². The van der Waals surface area contributed by atoms with Gasteiger partial charge in [0.25, 0.3) is 10.0 Å². The third kappa shape index (κ3) is 5.44. The van der Waals surface area contributed by atoms with Crippen LogP contribution in [0.3, 0.4) is 0 Å². The van der Waals surface area contributed by atoms with Crippen LogP contribution < -0.4 is 14.8 Å². The molecule has 1 amide bonds. The van der Waals surface area contributed by atoms with E-state index in [4.69, 9.17) is 4.74 Å². The number of aryl methyl sites for hydroxylation is 1. The van der Waals surface area contributed by atoms with Gasteiger partial charge in [0.15, 0.2) is 0 Å². The Bertz CT molecular complexity index is 1050. The molecule has 1 aliphatic heterocycles. The molecular weight excluding hydrogens is 414 g/mol. The average Bonchev–Trinajstić information content (AvgIpc) is 3.05. The Balaban J connectivity index is 1.65. The lowest BCUT2D eigenvalue weighted by molar-refractivity contribution is -0.123. The largest absolute Gasteiger partial charge is 0.497 e. The number of carbonyl (C=O) groups excluding carboxylic acids is 1. The first-order valence-corrected chi connectivity index (χ1v) is 11.9. The van der Waals surface area contributed by atoms with Gasteiger partial charge in [-0.15, -0.1) is 0 Å². The number of nitrogens with zero attached hydrogens (tertiary/aromatic N) is 1. The van der Waals surface area contributed by atoms with Gasteiger partial charge in [-0.05, 0) is 48.6 Å². The lowest BCUT2D eigenvalue weighted by atomic mass is 9.98. The van der Waals surface area contributed by atoms with Crippen molar-refractivity contribution in [2.75, 3.05) is 13.7 Å². The van der Waals surface area contributed by atoms with Gasteiger partial charge in [-0.25, -0.2) is 8.42 Å². The number of fused-ring (bicyclic) bond motifs is 1. The topological polar surface area (TPSA) is 96.9 Å². The molecule has 0 saturated heterocycles. The highest BCUT2D eigenvalue weighted by molar-refractivity contribution is 7.90. The number of nitrogens with one attached hydrogen (secondary N) is 2. The molecule has 0 aromatic heterocycles. The minimum atomic E-state index is -3.64. The number of amidine groups is 1. The second kappa shape index (κ2) is 9.96. The number of hydrogen-bond acceptors (Lipinski definition) is 5. The van der Waals surface area contributed by atoms with Gasteiger partial charge in [0.2, 0.25) is 5.91 Å². The molecule has 2 atom stereocenters. The second-order valence-electron chi connectivity index (χ2n) is 7.65. The molecule has 8 heteroatoms. The summed E-state index contributed by atoms with van der Waals surface area (Å²) in [5.41, 5.74) is 1.67. The predicted octanol–water partition coefficient (Wildman–Crippen LogP) is 2.90. The standard InChI is InChI=1S/C23H29N3O4S/c1-4-16(2)21(25-22-19-9-5-6-10-20(19)31(28,29)26-22)23(27)24-15-7-8-17-11-13-18(30-3)14-12-17/h5-6,9-14,16,21H,4,7-8,15H2,1-3H3,(H,24,27)(H,25,26)/t16-,21-/m0/s1. The zero-order valence-corrected chi connectivity index (χ0v) is 18.9. The summed E-state index contributed by atoms with van der Waals surface area (Å²) in [6.07, 6.45) is 2.37. The number of methoxy groups -OCH3 is 1. The van der Waals surface area contributed by atoms with Crippen LogP contribution in [0.5, 0.6) is 5.75 Å². The Morgan fingerprint density at radius 1 is 1.16 bits per heavy atom. The molecule has 1 aliphatic rings. The number of ether oxygens (including phenoxy) is 1. The van der Waals surface area contributed by atoms with E-state index >= 15 is 0 Å². The zero-order chi connectivity index (χ0) is 22.4. The summed E-state index contributed by atoms with van der Waals surface area (Å²) in [5, 5.41) is 2.96. The van der Waals surface area contributed by atoms with Gasteiger partial charge in [-0.1, -0.05) is 44.5 Å². The van der Waals surface area contributed by atoms with Crippen molar-refractivity contribution in [2.45, 2.75) is 44.0 Å². The number of rotatable bonds is 9. The Kier molecular flexibility index (Phi) is 7.33. The van der Waals surface area contributed by atoms with Gasteiger partial charge in [0.05, 0.1) is 12.0 Å². The van der Waals surface area contributed by atoms with E-state index in [-0.39, 0.29) is 22.6 Å². The van der Waals surface area contributed by atoms with E-state index in [1.807, 2.05) is 38.1 Å². The van der Waals surface area contributed by atoms with Crippen LogP contribution in [-0.4, -0.2) is 39.9 Å². The van der Waals surface area contributed by atoms with Gasteiger partial charge < -0.3 is 10.1 Å². The van der Waals surface area contributed by atoms with Crippen molar-refractivity contribution >= 4 is 21.8 Å². The summed E-state index contributed by atoms with van der Waals surface area (Å²) in [7, 11) is -2.00. The molecule has 0 aliphatic carbocycles. The summed E-state index contributed by atoms with van der Waals surface area (Å²) in [6.45, 7) is 4.45. The fraction of sp³-hybridized carbons (Fsp3) is 0.391.